The van der Waals surface area contributed by atoms with E-state index in [0.717, 1.165) is 44.8 Å². The smallest absolute Gasteiger partial charge is 0.162 e. The molecule has 1 aliphatic rings. The van der Waals surface area contributed by atoms with Crippen molar-refractivity contribution in [3.05, 3.63) is 29.8 Å². The predicted molar refractivity (Wildman–Crippen MR) is 71.7 cm³/mol. The quantitative estimate of drug-likeness (QED) is 0.634. The van der Waals surface area contributed by atoms with Crippen LogP contribution in [-0.4, -0.2) is 43.5 Å². The average Bonchev–Trinajstić information content (AvgIpc) is 2.40. The number of ether oxygens (including phenoxy) is 1. The van der Waals surface area contributed by atoms with E-state index in [1.807, 2.05) is 0 Å². The molecule has 1 saturated heterocycles. The number of rotatable bonds is 5. The van der Waals surface area contributed by atoms with Gasteiger partial charge in [-0.05, 0) is 37.2 Å². The summed E-state index contributed by atoms with van der Waals surface area (Å²) in [7, 11) is 0. The maximum absolute atomic E-state index is 11.9. The second kappa shape index (κ2) is 6.52. The fourth-order valence-electron chi connectivity index (χ4n) is 2.10. The fraction of sp³-hybridized carbons (Fsp3) is 0.500. The molecule has 0 saturated carbocycles. The summed E-state index contributed by atoms with van der Waals surface area (Å²) in [6, 6.07) is 7.14. The number of ketones is 1. The first-order chi connectivity index (χ1) is 8.75. The molecule has 4 heteroatoms. The van der Waals surface area contributed by atoms with E-state index in [9.17, 15) is 4.79 Å². The molecular weight excluding hydrogens is 228 g/mol. The molecule has 1 aliphatic heterocycles. The van der Waals surface area contributed by atoms with E-state index in [1.165, 1.54) is 0 Å². The van der Waals surface area contributed by atoms with Crippen LogP contribution in [0.3, 0.4) is 0 Å². The first-order valence-corrected chi connectivity index (χ1v) is 6.44. The first-order valence-electron chi connectivity index (χ1n) is 6.44. The third kappa shape index (κ3) is 3.82. The van der Waals surface area contributed by atoms with Gasteiger partial charge in [0, 0.05) is 30.8 Å². The minimum absolute atomic E-state index is 0.197. The van der Waals surface area contributed by atoms with Gasteiger partial charge in [0.25, 0.3) is 0 Å². The monoisotopic (exact) mass is 248 g/mol. The summed E-state index contributed by atoms with van der Waals surface area (Å²) in [5.74, 6) is 0.197. The Hall–Kier alpha value is -1.39. The van der Waals surface area contributed by atoms with Gasteiger partial charge in [-0.15, -0.1) is 0 Å². The van der Waals surface area contributed by atoms with Crippen LogP contribution in [0, 0.1) is 0 Å². The standard InChI is InChI=1S/C14H20N2O2/c15-13-5-3-12(4-6-13)14(17)2-1-7-16-8-10-18-11-9-16/h3-6H,1-2,7-11,15H2. The Labute approximate surface area is 108 Å². The zero-order chi connectivity index (χ0) is 12.8. The van der Waals surface area contributed by atoms with Crippen LogP contribution < -0.4 is 5.73 Å². The average molecular weight is 248 g/mol. The molecule has 1 aromatic carbocycles. The van der Waals surface area contributed by atoms with Gasteiger partial charge in [0.2, 0.25) is 0 Å². The van der Waals surface area contributed by atoms with Gasteiger partial charge < -0.3 is 10.5 Å². The van der Waals surface area contributed by atoms with Crippen molar-refractivity contribution in [2.24, 2.45) is 0 Å². The van der Waals surface area contributed by atoms with Gasteiger partial charge >= 0.3 is 0 Å². The number of nitrogens with two attached hydrogens (primary N) is 1. The second-order valence-electron chi connectivity index (χ2n) is 4.60. The van der Waals surface area contributed by atoms with Crippen molar-refractivity contribution in [1.29, 1.82) is 0 Å². The number of benzene rings is 1. The number of morpholine rings is 1. The molecule has 1 fully saturated rings. The third-order valence-corrected chi connectivity index (χ3v) is 3.21. The van der Waals surface area contributed by atoms with Gasteiger partial charge in [-0.2, -0.15) is 0 Å². The number of nitrogen functional groups attached to an aromatic ring is 1. The van der Waals surface area contributed by atoms with E-state index in [2.05, 4.69) is 4.90 Å². The molecule has 0 atom stereocenters. The van der Waals surface area contributed by atoms with Gasteiger partial charge in [0.1, 0.15) is 0 Å². The highest BCUT2D eigenvalue weighted by molar-refractivity contribution is 5.96. The lowest BCUT2D eigenvalue weighted by atomic mass is 10.1. The van der Waals surface area contributed by atoms with Crippen molar-refractivity contribution in [2.45, 2.75) is 12.8 Å². The molecule has 0 aliphatic carbocycles. The van der Waals surface area contributed by atoms with Crippen LogP contribution in [0.4, 0.5) is 5.69 Å². The fourth-order valence-corrected chi connectivity index (χ4v) is 2.10. The van der Waals surface area contributed by atoms with E-state index >= 15 is 0 Å². The highest BCUT2D eigenvalue weighted by atomic mass is 16.5. The van der Waals surface area contributed by atoms with Gasteiger partial charge in [-0.1, -0.05) is 0 Å². The number of hydrogen-bond acceptors (Lipinski definition) is 4. The van der Waals surface area contributed by atoms with Crippen molar-refractivity contribution >= 4 is 11.5 Å². The van der Waals surface area contributed by atoms with Crippen molar-refractivity contribution in [1.82, 2.24) is 4.90 Å². The summed E-state index contributed by atoms with van der Waals surface area (Å²) in [5, 5.41) is 0. The Bertz CT molecular complexity index is 383. The summed E-state index contributed by atoms with van der Waals surface area (Å²) in [5.41, 5.74) is 7.04. The van der Waals surface area contributed by atoms with Crippen LogP contribution in [-0.2, 0) is 4.74 Å². The molecule has 2 rings (SSSR count). The van der Waals surface area contributed by atoms with E-state index in [0.29, 0.717) is 12.1 Å². The molecule has 0 amide bonds. The molecule has 0 spiro atoms. The summed E-state index contributed by atoms with van der Waals surface area (Å²) in [4.78, 5) is 14.3. The summed E-state index contributed by atoms with van der Waals surface area (Å²) in [6.07, 6.45) is 1.50. The van der Waals surface area contributed by atoms with Crippen molar-refractivity contribution in [2.75, 3.05) is 38.6 Å². The first kappa shape index (κ1) is 13.1. The summed E-state index contributed by atoms with van der Waals surface area (Å²) < 4.78 is 5.29. The molecule has 18 heavy (non-hydrogen) atoms. The Balaban J connectivity index is 1.72. The number of carbonyl (C=O) groups is 1. The zero-order valence-electron chi connectivity index (χ0n) is 10.6. The lowest BCUT2D eigenvalue weighted by Crippen LogP contribution is -2.36. The van der Waals surface area contributed by atoms with Crippen LogP contribution in [0.2, 0.25) is 0 Å². The molecule has 0 radical (unpaired) electrons. The number of nitrogens with zero attached hydrogens (tertiary/aromatic N) is 1. The van der Waals surface area contributed by atoms with Crippen molar-refractivity contribution in [3.63, 3.8) is 0 Å². The highest BCUT2D eigenvalue weighted by Gasteiger charge is 2.11. The predicted octanol–water partition coefficient (Wildman–Crippen LogP) is 1.56. The van der Waals surface area contributed by atoms with Crippen LogP contribution in [0.15, 0.2) is 24.3 Å². The SMILES string of the molecule is Nc1ccc(C(=O)CCCN2CCOCC2)cc1. The van der Waals surface area contributed by atoms with Gasteiger partial charge in [0.15, 0.2) is 5.78 Å². The lowest BCUT2D eigenvalue weighted by molar-refractivity contribution is 0.0371. The maximum atomic E-state index is 11.9. The molecular formula is C14H20N2O2. The molecule has 4 nitrogen and oxygen atoms in total. The molecule has 0 aromatic heterocycles. The Kier molecular flexibility index (Phi) is 4.73. The summed E-state index contributed by atoms with van der Waals surface area (Å²) in [6.45, 7) is 4.56. The Morgan fingerprint density at radius 3 is 2.56 bits per heavy atom. The van der Waals surface area contributed by atoms with Gasteiger partial charge in [-0.3, -0.25) is 9.69 Å². The molecule has 0 unspecified atom stereocenters. The minimum atomic E-state index is 0.197. The largest absolute Gasteiger partial charge is 0.399 e. The maximum Gasteiger partial charge on any atom is 0.162 e. The van der Waals surface area contributed by atoms with Crippen molar-refractivity contribution < 1.29 is 9.53 Å². The molecule has 98 valence electrons. The minimum Gasteiger partial charge on any atom is -0.399 e. The van der Waals surface area contributed by atoms with Crippen LogP contribution >= 0.6 is 0 Å². The number of Topliss-reactive ketones (excluding diaryl/α,β-unsaturated/α-hetero) is 1. The normalized spacial score (nSPS) is 16.7. The van der Waals surface area contributed by atoms with E-state index in [4.69, 9.17) is 10.5 Å². The van der Waals surface area contributed by atoms with Crippen LogP contribution in [0.25, 0.3) is 0 Å². The summed E-state index contributed by atoms with van der Waals surface area (Å²) >= 11 is 0. The van der Waals surface area contributed by atoms with Crippen LogP contribution in [0.5, 0.6) is 0 Å². The van der Waals surface area contributed by atoms with Crippen LogP contribution in [0.1, 0.15) is 23.2 Å². The number of carbonyl (C=O) groups excluding carboxylic acids is 1. The Morgan fingerprint density at radius 2 is 1.89 bits per heavy atom. The molecule has 1 aromatic rings. The Morgan fingerprint density at radius 1 is 1.22 bits per heavy atom. The third-order valence-electron chi connectivity index (χ3n) is 3.21. The lowest BCUT2D eigenvalue weighted by Gasteiger charge is -2.26. The van der Waals surface area contributed by atoms with Crippen molar-refractivity contribution in [3.8, 4) is 0 Å². The molecule has 1 heterocycles. The second-order valence-corrected chi connectivity index (χ2v) is 4.60. The highest BCUT2D eigenvalue weighted by Crippen LogP contribution is 2.10. The molecule has 2 N–H and O–H groups in total. The van der Waals surface area contributed by atoms with E-state index in [1.54, 1.807) is 24.3 Å². The van der Waals surface area contributed by atoms with E-state index in [-0.39, 0.29) is 5.78 Å². The number of anilines is 1. The zero-order valence-corrected chi connectivity index (χ0v) is 10.6. The van der Waals surface area contributed by atoms with Gasteiger partial charge in [0.05, 0.1) is 13.2 Å². The molecule has 0 bridgehead atoms. The number of hydrogen-bond donors (Lipinski definition) is 1. The van der Waals surface area contributed by atoms with E-state index < -0.39 is 0 Å². The topological polar surface area (TPSA) is 55.6 Å². The van der Waals surface area contributed by atoms with Gasteiger partial charge in [-0.25, -0.2) is 0 Å².